The number of anilines is 1. The Balaban J connectivity index is 2.33. The van der Waals surface area contributed by atoms with E-state index < -0.39 is 0 Å². The average Bonchev–Trinajstić information content (AvgIpc) is 2.34. The highest BCUT2D eigenvalue weighted by Crippen LogP contribution is 2.23. The van der Waals surface area contributed by atoms with Crippen molar-refractivity contribution in [2.24, 2.45) is 5.73 Å². The first-order chi connectivity index (χ1) is 7.81. The summed E-state index contributed by atoms with van der Waals surface area (Å²) in [6.45, 7) is 0.605. The van der Waals surface area contributed by atoms with Gasteiger partial charge < -0.3 is 11.5 Å². The Labute approximate surface area is 95.9 Å². The SMILES string of the molecule is NC[C@H](c1ccccc1)c1ccc(N)cc1. The molecule has 0 aromatic heterocycles. The van der Waals surface area contributed by atoms with Gasteiger partial charge >= 0.3 is 0 Å². The molecule has 0 amide bonds. The van der Waals surface area contributed by atoms with Crippen molar-refractivity contribution in [1.29, 1.82) is 0 Å². The van der Waals surface area contributed by atoms with E-state index in [0.29, 0.717) is 6.54 Å². The van der Waals surface area contributed by atoms with Gasteiger partial charge in [-0.05, 0) is 23.3 Å². The van der Waals surface area contributed by atoms with Gasteiger partial charge in [0, 0.05) is 18.2 Å². The highest BCUT2D eigenvalue weighted by molar-refractivity contribution is 5.42. The molecule has 0 unspecified atom stereocenters. The molecule has 0 bridgehead atoms. The van der Waals surface area contributed by atoms with E-state index in [1.807, 2.05) is 42.5 Å². The lowest BCUT2D eigenvalue weighted by atomic mass is 9.91. The van der Waals surface area contributed by atoms with Crippen LogP contribution in [0.25, 0.3) is 0 Å². The highest BCUT2D eigenvalue weighted by atomic mass is 14.6. The van der Waals surface area contributed by atoms with Crippen molar-refractivity contribution >= 4 is 5.69 Å². The second-order valence-electron chi connectivity index (χ2n) is 3.87. The van der Waals surface area contributed by atoms with Crippen LogP contribution in [0.3, 0.4) is 0 Å². The normalized spacial score (nSPS) is 12.3. The Bertz CT molecular complexity index is 434. The topological polar surface area (TPSA) is 52.0 Å². The summed E-state index contributed by atoms with van der Waals surface area (Å²) in [6.07, 6.45) is 0. The third-order valence-corrected chi connectivity index (χ3v) is 2.78. The summed E-state index contributed by atoms with van der Waals surface area (Å²) in [6, 6.07) is 18.2. The summed E-state index contributed by atoms with van der Waals surface area (Å²) in [5, 5.41) is 0. The number of rotatable bonds is 3. The quantitative estimate of drug-likeness (QED) is 0.767. The molecular weight excluding hydrogens is 196 g/mol. The van der Waals surface area contributed by atoms with Crippen molar-refractivity contribution in [3.8, 4) is 0 Å². The zero-order chi connectivity index (χ0) is 11.4. The van der Waals surface area contributed by atoms with Crippen LogP contribution >= 0.6 is 0 Å². The molecule has 16 heavy (non-hydrogen) atoms. The fourth-order valence-corrected chi connectivity index (χ4v) is 1.88. The fraction of sp³-hybridized carbons (Fsp3) is 0.143. The largest absolute Gasteiger partial charge is 0.399 e. The van der Waals surface area contributed by atoms with E-state index in [9.17, 15) is 0 Å². The first-order valence-corrected chi connectivity index (χ1v) is 5.41. The molecule has 4 N–H and O–H groups in total. The maximum atomic E-state index is 5.84. The molecule has 0 aliphatic carbocycles. The molecule has 0 fully saturated rings. The van der Waals surface area contributed by atoms with Gasteiger partial charge in [0.05, 0.1) is 0 Å². The molecule has 82 valence electrons. The Morgan fingerprint density at radius 1 is 0.812 bits per heavy atom. The lowest BCUT2D eigenvalue weighted by Gasteiger charge is -2.15. The number of nitrogen functional groups attached to an aromatic ring is 1. The second-order valence-corrected chi connectivity index (χ2v) is 3.87. The van der Waals surface area contributed by atoms with Crippen LogP contribution in [0, 0.1) is 0 Å². The van der Waals surface area contributed by atoms with Crippen LogP contribution in [0.2, 0.25) is 0 Å². The molecule has 0 radical (unpaired) electrons. The molecule has 0 aliphatic heterocycles. The zero-order valence-electron chi connectivity index (χ0n) is 9.14. The van der Waals surface area contributed by atoms with Gasteiger partial charge in [0.1, 0.15) is 0 Å². The fourth-order valence-electron chi connectivity index (χ4n) is 1.88. The predicted octanol–water partition coefficient (Wildman–Crippen LogP) is 2.36. The highest BCUT2D eigenvalue weighted by Gasteiger charge is 2.11. The van der Waals surface area contributed by atoms with E-state index in [1.54, 1.807) is 0 Å². The molecule has 0 saturated carbocycles. The molecule has 2 aromatic carbocycles. The summed E-state index contributed by atoms with van der Waals surface area (Å²) in [5.41, 5.74) is 14.8. The Morgan fingerprint density at radius 3 is 1.94 bits per heavy atom. The smallest absolute Gasteiger partial charge is 0.0314 e. The molecular formula is C14H16N2. The summed E-state index contributed by atoms with van der Waals surface area (Å²) in [7, 11) is 0. The van der Waals surface area contributed by atoms with Crippen LogP contribution in [0.4, 0.5) is 5.69 Å². The van der Waals surface area contributed by atoms with E-state index in [0.717, 1.165) is 5.69 Å². The van der Waals surface area contributed by atoms with Crippen molar-refractivity contribution in [3.05, 3.63) is 65.7 Å². The molecule has 0 spiro atoms. The van der Waals surface area contributed by atoms with Gasteiger partial charge in [0.2, 0.25) is 0 Å². The first-order valence-electron chi connectivity index (χ1n) is 5.41. The van der Waals surface area contributed by atoms with Crippen LogP contribution in [-0.4, -0.2) is 6.54 Å². The van der Waals surface area contributed by atoms with Crippen molar-refractivity contribution in [1.82, 2.24) is 0 Å². The maximum absolute atomic E-state index is 5.84. The Hall–Kier alpha value is -1.80. The average molecular weight is 212 g/mol. The summed E-state index contributed by atoms with van der Waals surface area (Å²) >= 11 is 0. The predicted molar refractivity (Wildman–Crippen MR) is 68.2 cm³/mol. The Kier molecular flexibility index (Phi) is 3.22. The second kappa shape index (κ2) is 4.81. The van der Waals surface area contributed by atoms with Crippen LogP contribution in [0.15, 0.2) is 54.6 Å². The number of hydrogen-bond donors (Lipinski definition) is 2. The van der Waals surface area contributed by atoms with Crippen LogP contribution in [0.5, 0.6) is 0 Å². The third-order valence-electron chi connectivity index (χ3n) is 2.78. The molecule has 0 heterocycles. The van der Waals surface area contributed by atoms with Crippen LogP contribution < -0.4 is 11.5 Å². The minimum absolute atomic E-state index is 0.252. The van der Waals surface area contributed by atoms with Crippen LogP contribution in [0.1, 0.15) is 17.0 Å². The van der Waals surface area contributed by atoms with Crippen molar-refractivity contribution in [3.63, 3.8) is 0 Å². The van der Waals surface area contributed by atoms with Gasteiger partial charge in [0.25, 0.3) is 0 Å². The minimum Gasteiger partial charge on any atom is -0.399 e. The monoisotopic (exact) mass is 212 g/mol. The molecule has 0 saturated heterocycles. The number of nitrogens with two attached hydrogens (primary N) is 2. The van der Waals surface area contributed by atoms with E-state index in [2.05, 4.69) is 12.1 Å². The van der Waals surface area contributed by atoms with Gasteiger partial charge in [-0.25, -0.2) is 0 Å². The lowest BCUT2D eigenvalue weighted by molar-refractivity contribution is 0.819. The van der Waals surface area contributed by atoms with Crippen molar-refractivity contribution in [2.45, 2.75) is 5.92 Å². The molecule has 2 rings (SSSR count). The van der Waals surface area contributed by atoms with E-state index in [4.69, 9.17) is 11.5 Å². The summed E-state index contributed by atoms with van der Waals surface area (Å²) in [5.74, 6) is 0.252. The van der Waals surface area contributed by atoms with Gasteiger partial charge in [-0.3, -0.25) is 0 Å². The maximum Gasteiger partial charge on any atom is 0.0314 e. The van der Waals surface area contributed by atoms with E-state index in [1.165, 1.54) is 11.1 Å². The molecule has 2 aromatic rings. The van der Waals surface area contributed by atoms with Gasteiger partial charge in [-0.1, -0.05) is 42.5 Å². The summed E-state index contributed by atoms with van der Waals surface area (Å²) in [4.78, 5) is 0. The molecule has 1 atom stereocenters. The number of benzene rings is 2. The number of hydrogen-bond acceptors (Lipinski definition) is 2. The van der Waals surface area contributed by atoms with E-state index >= 15 is 0 Å². The van der Waals surface area contributed by atoms with Crippen molar-refractivity contribution < 1.29 is 0 Å². The third kappa shape index (κ3) is 2.23. The van der Waals surface area contributed by atoms with Crippen LogP contribution in [-0.2, 0) is 0 Å². The molecule has 0 aliphatic rings. The van der Waals surface area contributed by atoms with Crippen molar-refractivity contribution in [2.75, 3.05) is 12.3 Å². The Morgan fingerprint density at radius 2 is 1.38 bits per heavy atom. The zero-order valence-corrected chi connectivity index (χ0v) is 9.14. The van der Waals surface area contributed by atoms with E-state index in [-0.39, 0.29) is 5.92 Å². The minimum atomic E-state index is 0.252. The lowest BCUT2D eigenvalue weighted by Crippen LogP contribution is -2.13. The standard InChI is InChI=1S/C14H16N2/c15-10-14(11-4-2-1-3-5-11)12-6-8-13(16)9-7-12/h1-9,14H,10,15-16H2/t14-/m1/s1. The summed E-state index contributed by atoms with van der Waals surface area (Å²) < 4.78 is 0. The van der Waals surface area contributed by atoms with Gasteiger partial charge in [-0.15, -0.1) is 0 Å². The molecule has 2 nitrogen and oxygen atoms in total. The van der Waals surface area contributed by atoms with Gasteiger partial charge in [0.15, 0.2) is 0 Å². The molecule has 2 heteroatoms. The first kappa shape index (κ1) is 10.7. The van der Waals surface area contributed by atoms with Gasteiger partial charge in [-0.2, -0.15) is 0 Å².